The molecular formula is C16H21ClN2O2. The average Bonchev–Trinajstić information content (AvgIpc) is 2.46. The van der Waals surface area contributed by atoms with Gasteiger partial charge in [-0.25, -0.2) is 0 Å². The van der Waals surface area contributed by atoms with Gasteiger partial charge >= 0.3 is 0 Å². The third kappa shape index (κ3) is 2.53. The predicted molar refractivity (Wildman–Crippen MR) is 84.6 cm³/mol. The number of halogens is 1. The Morgan fingerprint density at radius 2 is 2.00 bits per heavy atom. The fourth-order valence-electron chi connectivity index (χ4n) is 2.68. The molecule has 2 unspecified atom stereocenters. The molecule has 1 aliphatic rings. The minimum absolute atomic E-state index is 0.0817. The molecule has 0 spiro atoms. The summed E-state index contributed by atoms with van der Waals surface area (Å²) in [5, 5.41) is 3.46. The Bertz CT molecular complexity index is 588. The van der Waals surface area contributed by atoms with Gasteiger partial charge in [0, 0.05) is 10.7 Å². The number of benzene rings is 1. The second kappa shape index (κ2) is 5.68. The second-order valence-electron chi connectivity index (χ2n) is 5.66. The lowest BCUT2D eigenvalue weighted by atomic mass is 9.90. The topological polar surface area (TPSA) is 49.4 Å². The average molecular weight is 309 g/mol. The predicted octanol–water partition coefficient (Wildman–Crippen LogP) is 3.06. The lowest BCUT2D eigenvalue weighted by Gasteiger charge is -2.44. The van der Waals surface area contributed by atoms with Gasteiger partial charge in [-0.2, -0.15) is 0 Å². The van der Waals surface area contributed by atoms with Crippen molar-refractivity contribution in [2.24, 2.45) is 0 Å². The standard InChI is InChI=1S/C16H21ClN2O2/c1-5-12-14(20)18-16(4,6-2)15(21)19(12)13-9-7-8-11(17)10(13)3/h7-9,12H,5-6H2,1-4H3,(H,18,20). The zero-order chi connectivity index (χ0) is 15.8. The molecule has 4 nitrogen and oxygen atoms in total. The van der Waals surface area contributed by atoms with Crippen molar-refractivity contribution in [2.45, 2.75) is 52.1 Å². The smallest absolute Gasteiger partial charge is 0.253 e. The fourth-order valence-corrected chi connectivity index (χ4v) is 2.84. The molecular weight excluding hydrogens is 288 g/mol. The van der Waals surface area contributed by atoms with Gasteiger partial charge in [-0.3, -0.25) is 14.5 Å². The normalized spacial score (nSPS) is 26.0. The highest BCUT2D eigenvalue weighted by Gasteiger charge is 2.47. The maximum absolute atomic E-state index is 12.9. The van der Waals surface area contributed by atoms with Crippen LogP contribution in [0.5, 0.6) is 0 Å². The third-order valence-corrected chi connectivity index (χ3v) is 4.71. The molecule has 0 radical (unpaired) electrons. The molecule has 0 saturated carbocycles. The number of piperazine rings is 1. The zero-order valence-electron chi connectivity index (χ0n) is 12.9. The van der Waals surface area contributed by atoms with Gasteiger partial charge in [0.25, 0.3) is 5.91 Å². The van der Waals surface area contributed by atoms with Gasteiger partial charge in [-0.05, 0) is 44.4 Å². The summed E-state index contributed by atoms with van der Waals surface area (Å²) >= 11 is 6.17. The number of nitrogens with one attached hydrogen (secondary N) is 1. The van der Waals surface area contributed by atoms with E-state index in [1.807, 2.05) is 26.8 Å². The van der Waals surface area contributed by atoms with Crippen molar-refractivity contribution in [1.82, 2.24) is 5.32 Å². The van der Waals surface area contributed by atoms with Crippen LogP contribution in [0.3, 0.4) is 0 Å². The van der Waals surface area contributed by atoms with Crippen molar-refractivity contribution >= 4 is 29.1 Å². The summed E-state index contributed by atoms with van der Waals surface area (Å²) in [5.41, 5.74) is 0.672. The Kier molecular flexibility index (Phi) is 4.28. The first-order chi connectivity index (χ1) is 9.85. The van der Waals surface area contributed by atoms with Crippen LogP contribution >= 0.6 is 11.6 Å². The molecule has 1 aromatic carbocycles. The van der Waals surface area contributed by atoms with Crippen molar-refractivity contribution in [3.05, 3.63) is 28.8 Å². The molecule has 1 aliphatic heterocycles. The van der Waals surface area contributed by atoms with Crippen molar-refractivity contribution in [1.29, 1.82) is 0 Å². The highest BCUT2D eigenvalue weighted by molar-refractivity contribution is 6.32. The minimum Gasteiger partial charge on any atom is -0.340 e. The van der Waals surface area contributed by atoms with Crippen LogP contribution in [0.1, 0.15) is 39.2 Å². The molecule has 114 valence electrons. The van der Waals surface area contributed by atoms with Crippen LogP contribution in [0.4, 0.5) is 5.69 Å². The van der Waals surface area contributed by atoms with Gasteiger partial charge < -0.3 is 5.32 Å². The number of rotatable bonds is 3. The molecule has 21 heavy (non-hydrogen) atoms. The molecule has 0 bridgehead atoms. The Morgan fingerprint density at radius 1 is 1.33 bits per heavy atom. The van der Waals surface area contributed by atoms with E-state index in [-0.39, 0.29) is 11.8 Å². The number of carbonyl (C=O) groups is 2. The van der Waals surface area contributed by atoms with E-state index in [0.29, 0.717) is 23.6 Å². The number of amides is 2. The molecule has 0 aliphatic carbocycles. The molecule has 2 rings (SSSR count). The number of hydrogen-bond acceptors (Lipinski definition) is 2. The zero-order valence-corrected chi connectivity index (χ0v) is 13.6. The van der Waals surface area contributed by atoms with Gasteiger partial charge in [0.2, 0.25) is 5.91 Å². The second-order valence-corrected chi connectivity index (χ2v) is 6.07. The largest absolute Gasteiger partial charge is 0.340 e. The van der Waals surface area contributed by atoms with E-state index in [0.717, 1.165) is 5.56 Å². The van der Waals surface area contributed by atoms with E-state index >= 15 is 0 Å². The molecule has 5 heteroatoms. The van der Waals surface area contributed by atoms with Crippen LogP contribution in [0.25, 0.3) is 0 Å². The monoisotopic (exact) mass is 308 g/mol. The Hall–Kier alpha value is -1.55. The van der Waals surface area contributed by atoms with Crippen molar-refractivity contribution in [2.75, 3.05) is 4.90 Å². The van der Waals surface area contributed by atoms with Gasteiger partial charge in [0.15, 0.2) is 0 Å². The molecule has 1 aromatic rings. The van der Waals surface area contributed by atoms with Crippen LogP contribution in [0.2, 0.25) is 5.02 Å². The molecule has 0 aromatic heterocycles. The van der Waals surface area contributed by atoms with Crippen LogP contribution < -0.4 is 10.2 Å². The number of anilines is 1. The first-order valence-electron chi connectivity index (χ1n) is 7.26. The quantitative estimate of drug-likeness (QED) is 0.933. The van der Waals surface area contributed by atoms with Crippen molar-refractivity contribution < 1.29 is 9.59 Å². The van der Waals surface area contributed by atoms with Crippen LogP contribution in [0, 0.1) is 6.92 Å². The van der Waals surface area contributed by atoms with E-state index in [4.69, 9.17) is 11.6 Å². The number of carbonyl (C=O) groups excluding carboxylic acids is 2. The van der Waals surface area contributed by atoms with Crippen molar-refractivity contribution in [3.63, 3.8) is 0 Å². The molecule has 2 amide bonds. The maximum atomic E-state index is 12.9. The summed E-state index contributed by atoms with van der Waals surface area (Å²) in [5.74, 6) is -0.192. The van der Waals surface area contributed by atoms with Gasteiger partial charge in [0.05, 0.1) is 0 Å². The molecule has 1 saturated heterocycles. The Morgan fingerprint density at radius 3 is 2.57 bits per heavy atom. The minimum atomic E-state index is -0.864. The molecule has 1 fully saturated rings. The Labute approximate surface area is 130 Å². The molecule has 1 heterocycles. The SMILES string of the molecule is CCC1C(=O)NC(C)(CC)C(=O)N1c1cccc(Cl)c1C. The summed E-state index contributed by atoms with van der Waals surface area (Å²) in [6.07, 6.45) is 1.10. The van der Waals surface area contributed by atoms with E-state index < -0.39 is 11.6 Å². The highest BCUT2D eigenvalue weighted by Crippen LogP contribution is 2.33. The van der Waals surface area contributed by atoms with Gasteiger partial charge in [-0.15, -0.1) is 0 Å². The fraction of sp³-hybridized carbons (Fsp3) is 0.500. The Balaban J connectivity index is 2.58. The van der Waals surface area contributed by atoms with E-state index in [1.165, 1.54) is 0 Å². The first kappa shape index (κ1) is 15.8. The molecule has 1 N–H and O–H groups in total. The number of hydrogen-bond donors (Lipinski definition) is 1. The lowest BCUT2D eigenvalue weighted by Crippen LogP contribution is -2.69. The van der Waals surface area contributed by atoms with Gasteiger partial charge in [-0.1, -0.05) is 31.5 Å². The van der Waals surface area contributed by atoms with E-state index in [2.05, 4.69) is 5.32 Å². The number of nitrogens with zero attached hydrogens (tertiary/aromatic N) is 1. The van der Waals surface area contributed by atoms with Crippen molar-refractivity contribution in [3.8, 4) is 0 Å². The van der Waals surface area contributed by atoms with Crippen LogP contribution in [-0.2, 0) is 9.59 Å². The van der Waals surface area contributed by atoms with E-state index in [1.54, 1.807) is 24.0 Å². The lowest BCUT2D eigenvalue weighted by molar-refractivity contribution is -0.138. The summed E-state index contributed by atoms with van der Waals surface area (Å²) in [6, 6.07) is 4.94. The summed E-state index contributed by atoms with van der Waals surface area (Å²) < 4.78 is 0. The summed E-state index contributed by atoms with van der Waals surface area (Å²) in [6.45, 7) is 7.44. The molecule has 2 atom stereocenters. The maximum Gasteiger partial charge on any atom is 0.253 e. The highest BCUT2D eigenvalue weighted by atomic mass is 35.5. The van der Waals surface area contributed by atoms with E-state index in [9.17, 15) is 9.59 Å². The first-order valence-corrected chi connectivity index (χ1v) is 7.64. The summed E-state index contributed by atoms with van der Waals surface area (Å²) in [7, 11) is 0. The summed E-state index contributed by atoms with van der Waals surface area (Å²) in [4.78, 5) is 26.9. The van der Waals surface area contributed by atoms with Crippen LogP contribution in [-0.4, -0.2) is 23.4 Å². The van der Waals surface area contributed by atoms with Gasteiger partial charge in [0.1, 0.15) is 11.6 Å². The van der Waals surface area contributed by atoms with Crippen LogP contribution in [0.15, 0.2) is 18.2 Å². The third-order valence-electron chi connectivity index (χ3n) is 4.30.